The van der Waals surface area contributed by atoms with E-state index in [1.54, 1.807) is 6.07 Å². The van der Waals surface area contributed by atoms with Gasteiger partial charge in [-0.25, -0.2) is 17.9 Å². The molecule has 0 aliphatic heterocycles. The topological polar surface area (TPSA) is 96.6 Å². The lowest BCUT2D eigenvalue weighted by molar-refractivity contribution is 0.0697. The van der Waals surface area contributed by atoms with Crippen molar-refractivity contribution in [2.45, 2.75) is 11.4 Å². The largest absolute Gasteiger partial charge is 0.478 e. The first-order chi connectivity index (χ1) is 9.40. The van der Waals surface area contributed by atoms with Crippen LogP contribution in [0.4, 0.5) is 0 Å². The third-order valence-electron chi connectivity index (χ3n) is 2.53. The Hall–Kier alpha value is -1.83. The van der Waals surface area contributed by atoms with Crippen LogP contribution in [0.3, 0.4) is 0 Å². The van der Waals surface area contributed by atoms with Crippen molar-refractivity contribution in [3.05, 3.63) is 52.9 Å². The zero-order valence-electron chi connectivity index (χ0n) is 10.0. The number of carboxylic acids is 1. The Morgan fingerprint density at radius 1 is 1.35 bits per heavy atom. The van der Waals surface area contributed by atoms with Crippen LogP contribution in [-0.4, -0.2) is 19.5 Å². The van der Waals surface area contributed by atoms with Gasteiger partial charge in [-0.05, 0) is 24.3 Å². The van der Waals surface area contributed by atoms with Gasteiger partial charge in [0.2, 0.25) is 10.0 Å². The third-order valence-corrected chi connectivity index (χ3v) is 4.24. The highest BCUT2D eigenvalue weighted by atomic mass is 35.5. The molecule has 0 atom stereocenters. The van der Waals surface area contributed by atoms with Gasteiger partial charge < -0.3 is 9.52 Å². The first kappa shape index (κ1) is 14.6. The lowest BCUT2D eigenvalue weighted by Gasteiger charge is -2.07. The third kappa shape index (κ3) is 3.19. The summed E-state index contributed by atoms with van der Waals surface area (Å²) in [5, 5.41) is 8.69. The number of halogens is 1. The molecule has 6 nitrogen and oxygen atoms in total. The minimum atomic E-state index is -3.77. The quantitative estimate of drug-likeness (QED) is 0.880. The Balaban J connectivity index is 2.21. The molecule has 2 N–H and O–H groups in total. The monoisotopic (exact) mass is 315 g/mol. The number of hydrogen-bond acceptors (Lipinski definition) is 4. The Bertz CT molecular complexity index is 724. The van der Waals surface area contributed by atoms with Crippen LogP contribution in [0, 0.1) is 0 Å². The zero-order chi connectivity index (χ0) is 14.8. The molecule has 2 aromatic rings. The summed E-state index contributed by atoms with van der Waals surface area (Å²) < 4.78 is 31.2. The number of carbonyl (C=O) groups is 1. The van der Waals surface area contributed by atoms with Gasteiger partial charge in [-0.1, -0.05) is 11.6 Å². The predicted octanol–water partition coefficient (Wildman–Crippen LogP) is 2.11. The predicted molar refractivity (Wildman–Crippen MR) is 71.1 cm³/mol. The molecule has 0 aliphatic rings. The molecule has 106 valence electrons. The van der Waals surface area contributed by atoms with Gasteiger partial charge in [-0.3, -0.25) is 0 Å². The fourth-order valence-electron chi connectivity index (χ4n) is 1.49. The van der Waals surface area contributed by atoms with E-state index in [-0.39, 0.29) is 22.0 Å². The number of furan rings is 1. The minimum Gasteiger partial charge on any atom is -0.478 e. The van der Waals surface area contributed by atoms with Gasteiger partial charge >= 0.3 is 5.97 Å². The average Bonchev–Trinajstić information content (AvgIpc) is 2.89. The van der Waals surface area contributed by atoms with Crippen LogP contribution in [0.2, 0.25) is 5.02 Å². The second-order valence-corrected chi connectivity index (χ2v) is 6.08. The maximum atomic E-state index is 12.0. The van der Waals surface area contributed by atoms with E-state index < -0.39 is 16.0 Å². The highest BCUT2D eigenvalue weighted by Crippen LogP contribution is 2.21. The van der Waals surface area contributed by atoms with Crippen molar-refractivity contribution < 1.29 is 22.7 Å². The number of hydrogen-bond donors (Lipinski definition) is 2. The Morgan fingerprint density at radius 2 is 2.10 bits per heavy atom. The molecule has 0 unspecified atom stereocenters. The SMILES string of the molecule is O=C(O)c1ccc(S(=O)(=O)NCc2ccoc2)cc1Cl. The lowest BCUT2D eigenvalue weighted by Crippen LogP contribution is -2.23. The smallest absolute Gasteiger partial charge is 0.337 e. The summed E-state index contributed by atoms with van der Waals surface area (Å²) in [5.74, 6) is -1.22. The molecule has 0 bridgehead atoms. The molecule has 0 saturated carbocycles. The van der Waals surface area contributed by atoms with Crippen molar-refractivity contribution in [1.82, 2.24) is 4.72 Å². The van der Waals surface area contributed by atoms with Gasteiger partial charge in [0.05, 0.1) is 28.0 Å². The van der Waals surface area contributed by atoms with Gasteiger partial charge in [-0.15, -0.1) is 0 Å². The Labute approximate surface area is 120 Å². The van der Waals surface area contributed by atoms with Crippen molar-refractivity contribution in [2.75, 3.05) is 0 Å². The first-order valence-electron chi connectivity index (χ1n) is 5.44. The number of benzene rings is 1. The molecule has 0 radical (unpaired) electrons. The van der Waals surface area contributed by atoms with Gasteiger partial charge in [0.25, 0.3) is 0 Å². The molecule has 8 heteroatoms. The van der Waals surface area contributed by atoms with Crippen LogP contribution >= 0.6 is 11.6 Å². The van der Waals surface area contributed by atoms with E-state index >= 15 is 0 Å². The van der Waals surface area contributed by atoms with Crippen LogP contribution in [0.1, 0.15) is 15.9 Å². The first-order valence-corrected chi connectivity index (χ1v) is 7.30. The van der Waals surface area contributed by atoms with E-state index in [1.807, 2.05) is 0 Å². The number of sulfonamides is 1. The van der Waals surface area contributed by atoms with Gasteiger partial charge in [0.15, 0.2) is 0 Å². The highest BCUT2D eigenvalue weighted by Gasteiger charge is 2.17. The van der Waals surface area contributed by atoms with Crippen LogP contribution < -0.4 is 4.72 Å². The number of carboxylic acid groups (broad SMARTS) is 1. The Kier molecular flexibility index (Phi) is 4.12. The maximum Gasteiger partial charge on any atom is 0.337 e. The molecular weight excluding hydrogens is 306 g/mol. The normalized spacial score (nSPS) is 11.4. The molecule has 0 amide bonds. The standard InChI is InChI=1S/C12H10ClNO5S/c13-11-5-9(1-2-10(11)12(15)16)20(17,18)14-6-8-3-4-19-7-8/h1-5,7,14H,6H2,(H,15,16). The molecule has 0 spiro atoms. The summed E-state index contributed by atoms with van der Waals surface area (Å²) in [4.78, 5) is 10.7. The van der Waals surface area contributed by atoms with E-state index in [0.717, 1.165) is 12.1 Å². The van der Waals surface area contributed by atoms with Gasteiger partial charge in [-0.2, -0.15) is 0 Å². The van der Waals surface area contributed by atoms with Crippen LogP contribution in [0.5, 0.6) is 0 Å². The van der Waals surface area contributed by atoms with E-state index in [1.165, 1.54) is 18.6 Å². The molecule has 1 aromatic heterocycles. The van der Waals surface area contributed by atoms with Crippen molar-refractivity contribution in [1.29, 1.82) is 0 Å². The van der Waals surface area contributed by atoms with Crippen molar-refractivity contribution in [3.63, 3.8) is 0 Å². The second-order valence-electron chi connectivity index (χ2n) is 3.90. The Morgan fingerprint density at radius 3 is 2.65 bits per heavy atom. The summed E-state index contributed by atoms with van der Waals surface area (Å²) in [6.07, 6.45) is 2.85. The van der Waals surface area contributed by atoms with Gasteiger partial charge in [0, 0.05) is 12.1 Å². The van der Waals surface area contributed by atoms with Crippen molar-refractivity contribution in [2.24, 2.45) is 0 Å². The summed E-state index contributed by atoms with van der Waals surface area (Å²) in [6.45, 7) is 0.0666. The summed E-state index contributed by atoms with van der Waals surface area (Å²) in [7, 11) is -3.77. The molecule has 20 heavy (non-hydrogen) atoms. The highest BCUT2D eigenvalue weighted by molar-refractivity contribution is 7.89. The van der Waals surface area contributed by atoms with Gasteiger partial charge in [0.1, 0.15) is 0 Å². The molecule has 1 aromatic carbocycles. The molecule has 2 rings (SSSR count). The summed E-state index contributed by atoms with van der Waals surface area (Å²) in [6, 6.07) is 5.07. The van der Waals surface area contributed by atoms with E-state index in [2.05, 4.69) is 4.72 Å². The second kappa shape index (κ2) is 5.66. The van der Waals surface area contributed by atoms with E-state index in [9.17, 15) is 13.2 Å². The molecule has 0 aliphatic carbocycles. The van der Waals surface area contributed by atoms with Crippen LogP contribution in [0.15, 0.2) is 46.1 Å². The summed E-state index contributed by atoms with van der Waals surface area (Å²) in [5.41, 5.74) is 0.516. The number of aromatic carboxylic acids is 1. The maximum absolute atomic E-state index is 12.0. The van der Waals surface area contributed by atoms with Crippen molar-refractivity contribution in [3.8, 4) is 0 Å². The fourth-order valence-corrected chi connectivity index (χ4v) is 2.86. The van der Waals surface area contributed by atoms with Crippen molar-refractivity contribution >= 4 is 27.6 Å². The number of rotatable bonds is 5. The van der Waals surface area contributed by atoms with Crippen LogP contribution in [-0.2, 0) is 16.6 Å². The average molecular weight is 316 g/mol. The lowest BCUT2D eigenvalue weighted by atomic mass is 10.2. The number of nitrogens with one attached hydrogen (secondary N) is 1. The minimum absolute atomic E-state index is 0.0666. The van der Waals surface area contributed by atoms with E-state index in [4.69, 9.17) is 21.1 Å². The zero-order valence-corrected chi connectivity index (χ0v) is 11.6. The molecular formula is C12H10ClNO5S. The van der Waals surface area contributed by atoms with Crippen LogP contribution in [0.25, 0.3) is 0 Å². The fraction of sp³-hybridized carbons (Fsp3) is 0.0833. The molecule has 0 saturated heterocycles. The summed E-state index contributed by atoms with van der Waals surface area (Å²) >= 11 is 5.74. The molecule has 0 fully saturated rings. The molecule has 1 heterocycles. The van der Waals surface area contributed by atoms with E-state index in [0.29, 0.717) is 5.56 Å².